The number of carboxylic acid groups (broad SMARTS) is 1. The van der Waals surface area contributed by atoms with Crippen LogP contribution in [0.1, 0.15) is 24.3 Å². The van der Waals surface area contributed by atoms with E-state index in [1.54, 1.807) is 11.0 Å². The molecule has 29 heavy (non-hydrogen) atoms. The van der Waals surface area contributed by atoms with Crippen LogP contribution in [-0.2, 0) is 17.8 Å². The molecule has 2 aromatic carbocycles. The highest BCUT2D eigenvalue weighted by Gasteiger charge is 2.21. The van der Waals surface area contributed by atoms with Crippen LogP contribution in [-0.4, -0.2) is 22.6 Å². The minimum absolute atomic E-state index is 0.121. The molecule has 1 N–H and O–H groups in total. The molecule has 7 heteroatoms. The summed E-state index contributed by atoms with van der Waals surface area (Å²) in [4.78, 5) is 19.2. The summed E-state index contributed by atoms with van der Waals surface area (Å²) in [7, 11) is 0. The average molecular weight is 449 g/mol. The molecule has 0 bridgehead atoms. The first-order chi connectivity index (χ1) is 13.8. The Labute approximate surface area is 184 Å². The largest absolute Gasteiger partial charge is 0.480 e. The van der Waals surface area contributed by atoms with Gasteiger partial charge in [0, 0.05) is 17.0 Å². The number of aromatic nitrogens is 1. The number of nitrogens with zero attached hydrogens (tertiary/aromatic N) is 2. The van der Waals surface area contributed by atoms with Crippen molar-refractivity contribution in [1.29, 1.82) is 0 Å². The van der Waals surface area contributed by atoms with Crippen molar-refractivity contribution in [3.63, 3.8) is 0 Å². The van der Waals surface area contributed by atoms with Gasteiger partial charge in [-0.25, -0.2) is 4.98 Å². The Morgan fingerprint density at radius 2 is 1.86 bits per heavy atom. The summed E-state index contributed by atoms with van der Waals surface area (Å²) >= 11 is 13.8. The van der Waals surface area contributed by atoms with Gasteiger partial charge in [0.2, 0.25) is 0 Å². The lowest BCUT2D eigenvalue weighted by Crippen LogP contribution is -2.29. The van der Waals surface area contributed by atoms with Crippen LogP contribution in [0.15, 0.2) is 48.5 Å². The Hall–Kier alpha value is -2.08. The zero-order valence-corrected chi connectivity index (χ0v) is 18.6. The van der Waals surface area contributed by atoms with Gasteiger partial charge in [-0.2, -0.15) is 0 Å². The summed E-state index contributed by atoms with van der Waals surface area (Å²) in [6, 6.07) is 15.3. The second kappa shape index (κ2) is 9.61. The van der Waals surface area contributed by atoms with Crippen LogP contribution >= 0.6 is 34.5 Å². The number of hydrogen-bond acceptors (Lipinski definition) is 4. The van der Waals surface area contributed by atoms with Crippen LogP contribution in [0.25, 0.3) is 11.3 Å². The van der Waals surface area contributed by atoms with Crippen LogP contribution in [0.5, 0.6) is 0 Å². The van der Waals surface area contributed by atoms with Crippen molar-refractivity contribution < 1.29 is 9.90 Å². The second-order valence-electron chi connectivity index (χ2n) is 7.23. The van der Waals surface area contributed by atoms with E-state index >= 15 is 0 Å². The molecule has 0 aliphatic heterocycles. The van der Waals surface area contributed by atoms with E-state index in [2.05, 4.69) is 13.8 Å². The van der Waals surface area contributed by atoms with E-state index in [-0.39, 0.29) is 6.54 Å². The van der Waals surface area contributed by atoms with E-state index in [1.165, 1.54) is 11.3 Å². The Bertz CT molecular complexity index is 990. The third kappa shape index (κ3) is 5.72. The van der Waals surface area contributed by atoms with Gasteiger partial charge in [0.05, 0.1) is 15.7 Å². The number of rotatable bonds is 8. The lowest BCUT2D eigenvalue weighted by molar-refractivity contribution is -0.135. The Kier molecular flexibility index (Phi) is 7.17. The van der Waals surface area contributed by atoms with E-state index < -0.39 is 5.97 Å². The van der Waals surface area contributed by atoms with Gasteiger partial charge in [0.1, 0.15) is 6.54 Å². The second-order valence-corrected chi connectivity index (χ2v) is 9.11. The monoisotopic (exact) mass is 448 g/mol. The topological polar surface area (TPSA) is 53.4 Å². The lowest BCUT2D eigenvalue weighted by atomic mass is 10.0. The van der Waals surface area contributed by atoms with Gasteiger partial charge >= 0.3 is 5.97 Å². The van der Waals surface area contributed by atoms with E-state index in [4.69, 9.17) is 28.2 Å². The Morgan fingerprint density at radius 1 is 1.14 bits per heavy atom. The summed E-state index contributed by atoms with van der Waals surface area (Å²) in [5.74, 6) is -0.454. The van der Waals surface area contributed by atoms with Gasteiger partial charge in [0.25, 0.3) is 0 Å². The number of halogens is 2. The van der Waals surface area contributed by atoms with E-state index in [1.807, 2.05) is 42.5 Å². The molecule has 0 aliphatic carbocycles. The van der Waals surface area contributed by atoms with Gasteiger partial charge in [0.15, 0.2) is 5.13 Å². The van der Waals surface area contributed by atoms with E-state index in [0.29, 0.717) is 27.6 Å². The fraction of sp³-hybridized carbons (Fsp3) is 0.273. The number of anilines is 1. The summed E-state index contributed by atoms with van der Waals surface area (Å²) in [6.07, 6.45) is 0.847. The predicted molar refractivity (Wildman–Crippen MR) is 121 cm³/mol. The average Bonchev–Trinajstić information content (AvgIpc) is 3.07. The van der Waals surface area contributed by atoms with Crippen molar-refractivity contribution in [2.24, 2.45) is 5.92 Å². The number of carbonyl (C=O) groups is 1. The first kappa shape index (κ1) is 21.6. The minimum Gasteiger partial charge on any atom is -0.480 e. The molecule has 0 spiro atoms. The van der Waals surface area contributed by atoms with Crippen molar-refractivity contribution in [1.82, 2.24) is 4.98 Å². The Balaban J connectivity index is 2.02. The van der Waals surface area contributed by atoms with Crippen LogP contribution < -0.4 is 4.90 Å². The fourth-order valence-corrected chi connectivity index (χ4v) is 4.60. The van der Waals surface area contributed by atoms with Crippen molar-refractivity contribution >= 4 is 45.6 Å². The number of carboxylic acids is 1. The third-order valence-corrected chi connectivity index (χ3v) is 6.16. The zero-order chi connectivity index (χ0) is 21.0. The highest BCUT2D eigenvalue weighted by atomic mass is 35.5. The summed E-state index contributed by atoms with van der Waals surface area (Å²) in [5, 5.41) is 11.1. The van der Waals surface area contributed by atoms with Gasteiger partial charge in [-0.3, -0.25) is 4.79 Å². The quantitative estimate of drug-likeness (QED) is 0.432. The SMILES string of the molecule is CC(C)Cc1sc(N(CC(=O)O)Cc2ccccc2)nc1-c1ccc(Cl)c(Cl)c1. The van der Waals surface area contributed by atoms with E-state index in [9.17, 15) is 9.90 Å². The van der Waals surface area contributed by atoms with Gasteiger partial charge in [-0.1, -0.05) is 73.4 Å². The van der Waals surface area contributed by atoms with Crippen LogP contribution in [0.3, 0.4) is 0 Å². The zero-order valence-electron chi connectivity index (χ0n) is 16.2. The number of hydrogen-bond donors (Lipinski definition) is 1. The molecule has 0 radical (unpaired) electrons. The molecule has 152 valence electrons. The first-order valence-electron chi connectivity index (χ1n) is 9.29. The third-order valence-electron chi connectivity index (χ3n) is 4.29. The molecular formula is C22H22Cl2N2O2S. The molecule has 0 aliphatic rings. The summed E-state index contributed by atoms with van der Waals surface area (Å²) < 4.78 is 0. The molecule has 1 aromatic heterocycles. The molecule has 0 saturated carbocycles. The molecule has 4 nitrogen and oxygen atoms in total. The molecule has 1 heterocycles. The normalized spacial score (nSPS) is 11.1. The molecule has 0 fully saturated rings. The predicted octanol–water partition coefficient (Wildman–Crippen LogP) is 6.41. The van der Waals surface area contributed by atoms with Crippen molar-refractivity contribution in [2.45, 2.75) is 26.8 Å². The maximum Gasteiger partial charge on any atom is 0.323 e. The van der Waals surface area contributed by atoms with Crippen molar-refractivity contribution in [2.75, 3.05) is 11.4 Å². The number of thiazole rings is 1. The standard InChI is InChI=1S/C22H22Cl2N2O2S/c1-14(2)10-19-21(16-8-9-17(23)18(24)11-16)25-22(29-19)26(13-20(27)28)12-15-6-4-3-5-7-15/h3-9,11,14H,10,12-13H2,1-2H3,(H,27,28). The summed E-state index contributed by atoms with van der Waals surface area (Å²) in [6.45, 7) is 4.65. The molecule has 0 atom stereocenters. The van der Waals surface area contributed by atoms with Crippen molar-refractivity contribution in [3.05, 3.63) is 69.0 Å². The molecule has 0 unspecified atom stereocenters. The molecule has 3 rings (SSSR count). The van der Waals surface area contributed by atoms with Gasteiger partial charge in [-0.15, -0.1) is 11.3 Å². The summed E-state index contributed by atoms with van der Waals surface area (Å²) in [5.41, 5.74) is 2.75. The van der Waals surface area contributed by atoms with Gasteiger partial charge in [-0.05, 0) is 30.0 Å². The number of aliphatic carboxylic acids is 1. The van der Waals surface area contributed by atoms with Crippen molar-refractivity contribution in [3.8, 4) is 11.3 Å². The Morgan fingerprint density at radius 3 is 2.48 bits per heavy atom. The minimum atomic E-state index is -0.891. The molecule has 0 amide bonds. The van der Waals surface area contributed by atoms with Crippen LogP contribution in [0.2, 0.25) is 10.0 Å². The highest BCUT2D eigenvalue weighted by molar-refractivity contribution is 7.16. The number of benzene rings is 2. The van der Waals surface area contributed by atoms with Crippen LogP contribution in [0.4, 0.5) is 5.13 Å². The maximum absolute atomic E-state index is 11.5. The lowest BCUT2D eigenvalue weighted by Gasteiger charge is -2.19. The van der Waals surface area contributed by atoms with Crippen LogP contribution in [0, 0.1) is 5.92 Å². The smallest absolute Gasteiger partial charge is 0.323 e. The highest BCUT2D eigenvalue weighted by Crippen LogP contribution is 2.37. The first-order valence-corrected chi connectivity index (χ1v) is 10.9. The maximum atomic E-state index is 11.5. The van der Waals surface area contributed by atoms with E-state index in [0.717, 1.165) is 28.1 Å². The van der Waals surface area contributed by atoms with Gasteiger partial charge < -0.3 is 10.0 Å². The molecular weight excluding hydrogens is 427 g/mol. The fourth-order valence-electron chi connectivity index (χ4n) is 3.01. The molecule has 3 aromatic rings. The molecule has 0 saturated heterocycles.